The minimum Gasteiger partial charge on any atom is -0.486 e. The Bertz CT molecular complexity index is 815. The molecule has 2 aliphatic heterocycles. The summed E-state index contributed by atoms with van der Waals surface area (Å²) in [6.07, 6.45) is 0. The van der Waals surface area contributed by atoms with Crippen LogP contribution in [0.4, 0.5) is 5.95 Å². The summed E-state index contributed by atoms with van der Waals surface area (Å²) in [5.41, 5.74) is 1.11. The molecule has 1 aromatic carbocycles. The molecule has 2 unspecified atom stereocenters. The van der Waals surface area contributed by atoms with Crippen molar-refractivity contribution in [3.63, 3.8) is 0 Å². The summed E-state index contributed by atoms with van der Waals surface area (Å²) in [6.45, 7) is 2.53. The number of ether oxygens (including phenoxy) is 2. The summed E-state index contributed by atoms with van der Waals surface area (Å²) < 4.78 is 12.7. The van der Waals surface area contributed by atoms with Crippen LogP contribution in [-0.4, -0.2) is 50.2 Å². The van der Waals surface area contributed by atoms with E-state index in [9.17, 15) is 9.90 Å². The van der Waals surface area contributed by atoms with Gasteiger partial charge in [-0.15, -0.1) is 0 Å². The number of carbonyl (C=O) groups is 1. The first-order valence-corrected chi connectivity index (χ1v) is 7.11. The summed E-state index contributed by atoms with van der Waals surface area (Å²) in [6, 6.07) is 4.75. The van der Waals surface area contributed by atoms with Gasteiger partial charge in [0.15, 0.2) is 11.5 Å². The fraction of sp³-hybridized carbons (Fsp3) is 0.357. The van der Waals surface area contributed by atoms with Crippen LogP contribution in [0.3, 0.4) is 0 Å². The van der Waals surface area contributed by atoms with Crippen molar-refractivity contribution in [2.75, 3.05) is 13.2 Å². The summed E-state index contributed by atoms with van der Waals surface area (Å²) in [5.74, 6) is -0.479. The van der Waals surface area contributed by atoms with Crippen LogP contribution < -0.4 is 9.47 Å². The maximum atomic E-state index is 11.8. The van der Waals surface area contributed by atoms with Gasteiger partial charge in [-0.2, -0.15) is 0 Å². The van der Waals surface area contributed by atoms with Crippen molar-refractivity contribution in [2.45, 2.75) is 13.0 Å². The minimum atomic E-state index is -0.994. The fourth-order valence-corrected chi connectivity index (χ4v) is 2.99. The van der Waals surface area contributed by atoms with Gasteiger partial charge in [0.05, 0.1) is 0 Å². The second kappa shape index (κ2) is 5.04. The Balaban J connectivity index is 1.93. The van der Waals surface area contributed by atoms with E-state index in [0.717, 1.165) is 0 Å². The van der Waals surface area contributed by atoms with E-state index >= 15 is 0 Å². The molecule has 1 N–H and O–H groups in total. The second-order valence-corrected chi connectivity index (χ2v) is 5.31. The van der Waals surface area contributed by atoms with Crippen molar-refractivity contribution in [1.29, 1.82) is 0 Å². The normalized spacial score (nSPS) is 22.2. The van der Waals surface area contributed by atoms with Gasteiger partial charge >= 0.3 is 5.97 Å². The van der Waals surface area contributed by atoms with Gasteiger partial charge in [0.1, 0.15) is 25.2 Å². The Morgan fingerprint density at radius 2 is 2.17 bits per heavy atom. The lowest BCUT2D eigenvalue weighted by Crippen LogP contribution is -2.36. The molecule has 4 rings (SSSR count). The average Bonchev–Trinajstić information content (AvgIpc) is 3.00. The smallest absolute Gasteiger partial charge is 0.314 e. The molecule has 9 heteroatoms. The number of fused-ring (bicyclic) bond motifs is 2. The molecule has 0 spiro atoms. The van der Waals surface area contributed by atoms with Crippen molar-refractivity contribution in [3.8, 4) is 11.5 Å². The van der Waals surface area contributed by atoms with E-state index in [2.05, 4.69) is 20.5 Å². The quantitative estimate of drug-likeness (QED) is 0.874. The fourth-order valence-electron chi connectivity index (χ4n) is 2.99. The van der Waals surface area contributed by atoms with Gasteiger partial charge in [-0.25, -0.2) is 9.67 Å². The van der Waals surface area contributed by atoms with E-state index < -0.39 is 17.9 Å². The van der Waals surface area contributed by atoms with Crippen LogP contribution in [0.25, 0.3) is 0 Å². The van der Waals surface area contributed by atoms with E-state index in [1.807, 2.05) is 0 Å². The van der Waals surface area contributed by atoms with Crippen molar-refractivity contribution >= 4 is 17.6 Å². The number of aliphatic carboxylic acids is 1. The third-order valence-corrected chi connectivity index (χ3v) is 3.96. The number of hydrogen-bond acceptors (Lipinski definition) is 7. The molecule has 23 heavy (non-hydrogen) atoms. The Morgan fingerprint density at radius 3 is 3.00 bits per heavy atom. The second-order valence-electron chi connectivity index (χ2n) is 5.31. The highest BCUT2D eigenvalue weighted by molar-refractivity contribution is 6.02. The zero-order valence-corrected chi connectivity index (χ0v) is 12.2. The number of benzene rings is 1. The van der Waals surface area contributed by atoms with Crippen LogP contribution in [0.15, 0.2) is 23.2 Å². The van der Waals surface area contributed by atoms with Crippen LogP contribution in [0.2, 0.25) is 0 Å². The zero-order chi connectivity index (χ0) is 16.0. The number of aliphatic imine (C=N–C) groups is 1. The highest BCUT2D eigenvalue weighted by Gasteiger charge is 2.41. The molecule has 0 bridgehead atoms. The number of rotatable bonds is 2. The SMILES string of the molecule is CC1=Nc2nnnn2C(c2cccc3c2OCCO3)C1C(=O)O. The van der Waals surface area contributed by atoms with E-state index in [0.29, 0.717) is 36.0 Å². The van der Waals surface area contributed by atoms with Crippen molar-refractivity contribution in [2.24, 2.45) is 10.9 Å². The molecule has 0 aliphatic carbocycles. The Labute approximate surface area is 130 Å². The highest BCUT2D eigenvalue weighted by atomic mass is 16.6. The van der Waals surface area contributed by atoms with Crippen molar-refractivity contribution < 1.29 is 19.4 Å². The predicted molar refractivity (Wildman–Crippen MR) is 77.3 cm³/mol. The molecule has 0 fully saturated rings. The van der Waals surface area contributed by atoms with Gasteiger partial charge in [0, 0.05) is 11.3 Å². The molecule has 2 aromatic rings. The number of para-hydroxylation sites is 1. The Kier molecular flexibility index (Phi) is 3.00. The third-order valence-electron chi connectivity index (χ3n) is 3.96. The molecule has 118 valence electrons. The van der Waals surface area contributed by atoms with Crippen LogP contribution in [0, 0.1) is 5.92 Å². The molecule has 2 atom stereocenters. The number of nitrogens with zero attached hydrogens (tertiary/aromatic N) is 5. The molecular weight excluding hydrogens is 302 g/mol. The molecule has 0 saturated carbocycles. The van der Waals surface area contributed by atoms with Crippen molar-refractivity contribution in [3.05, 3.63) is 23.8 Å². The standard InChI is InChI=1S/C14H13N5O4/c1-7-10(13(20)21)11(19-14(15-7)16-17-18-19)8-3-2-4-9-12(8)23-6-5-22-9/h2-4,10-11H,5-6H2,1H3,(H,20,21). The molecule has 3 heterocycles. The monoisotopic (exact) mass is 315 g/mol. The molecular formula is C14H13N5O4. The van der Waals surface area contributed by atoms with Crippen LogP contribution >= 0.6 is 0 Å². The maximum absolute atomic E-state index is 11.8. The summed E-state index contributed by atoms with van der Waals surface area (Å²) in [5, 5.41) is 21.0. The number of carboxylic acid groups (broad SMARTS) is 1. The molecule has 0 radical (unpaired) electrons. The van der Waals surface area contributed by atoms with Crippen LogP contribution in [-0.2, 0) is 4.79 Å². The molecule has 0 saturated heterocycles. The Morgan fingerprint density at radius 1 is 1.35 bits per heavy atom. The summed E-state index contributed by atoms with van der Waals surface area (Å²) in [4.78, 5) is 16.0. The summed E-state index contributed by atoms with van der Waals surface area (Å²) in [7, 11) is 0. The average molecular weight is 315 g/mol. The lowest BCUT2D eigenvalue weighted by Gasteiger charge is -2.30. The highest BCUT2D eigenvalue weighted by Crippen LogP contribution is 2.43. The molecule has 2 aliphatic rings. The summed E-state index contributed by atoms with van der Waals surface area (Å²) >= 11 is 0. The van der Waals surface area contributed by atoms with Crippen LogP contribution in [0.1, 0.15) is 18.5 Å². The Hall–Kier alpha value is -2.97. The zero-order valence-electron chi connectivity index (χ0n) is 12.2. The molecule has 0 amide bonds. The van der Waals surface area contributed by atoms with Gasteiger partial charge in [-0.1, -0.05) is 17.2 Å². The topological polar surface area (TPSA) is 112 Å². The maximum Gasteiger partial charge on any atom is 0.314 e. The first-order valence-electron chi connectivity index (χ1n) is 7.11. The largest absolute Gasteiger partial charge is 0.486 e. The van der Waals surface area contributed by atoms with Crippen molar-refractivity contribution in [1.82, 2.24) is 20.2 Å². The lowest BCUT2D eigenvalue weighted by atomic mass is 9.88. The van der Waals surface area contributed by atoms with E-state index in [4.69, 9.17) is 9.47 Å². The van der Waals surface area contributed by atoms with Gasteiger partial charge in [-0.3, -0.25) is 4.79 Å². The third kappa shape index (κ3) is 2.04. The number of aromatic nitrogens is 4. The van der Waals surface area contributed by atoms with Gasteiger partial charge in [0.2, 0.25) is 0 Å². The molecule has 1 aromatic heterocycles. The molecule has 9 nitrogen and oxygen atoms in total. The lowest BCUT2D eigenvalue weighted by molar-refractivity contribution is -0.140. The van der Waals surface area contributed by atoms with E-state index in [1.54, 1.807) is 25.1 Å². The number of tetrazole rings is 1. The van der Waals surface area contributed by atoms with Crippen LogP contribution in [0.5, 0.6) is 11.5 Å². The van der Waals surface area contributed by atoms with Gasteiger partial charge in [-0.05, 0) is 23.4 Å². The predicted octanol–water partition coefficient (Wildman–Crippen LogP) is 0.840. The minimum absolute atomic E-state index is 0.277. The van der Waals surface area contributed by atoms with Gasteiger partial charge in [0.25, 0.3) is 5.95 Å². The van der Waals surface area contributed by atoms with E-state index in [1.165, 1.54) is 4.68 Å². The number of hydrogen-bond donors (Lipinski definition) is 1. The van der Waals surface area contributed by atoms with E-state index in [-0.39, 0.29) is 5.95 Å². The first kappa shape index (κ1) is 13.7. The first-order chi connectivity index (χ1) is 11.2. The van der Waals surface area contributed by atoms with Gasteiger partial charge < -0.3 is 14.6 Å². The number of carboxylic acids is 1.